The molecule has 1 atom stereocenters. The van der Waals surface area contributed by atoms with Crippen LogP contribution in [0.5, 0.6) is 0 Å². The molecule has 2 fully saturated rings. The van der Waals surface area contributed by atoms with Crippen molar-refractivity contribution in [3.8, 4) is 0 Å². The highest BCUT2D eigenvalue weighted by atomic mass is 16.5. The van der Waals surface area contributed by atoms with Crippen molar-refractivity contribution in [3.63, 3.8) is 0 Å². The van der Waals surface area contributed by atoms with Crippen molar-refractivity contribution in [1.29, 1.82) is 0 Å². The van der Waals surface area contributed by atoms with Gasteiger partial charge in [0.15, 0.2) is 5.82 Å². The first-order valence-electron chi connectivity index (χ1n) is 8.93. The van der Waals surface area contributed by atoms with Gasteiger partial charge in [0.05, 0.1) is 6.04 Å². The normalized spacial score (nSPS) is 31.0. The van der Waals surface area contributed by atoms with Gasteiger partial charge in [0, 0.05) is 5.92 Å². The number of nitrogens with one attached hydrogen (secondary N) is 1. The van der Waals surface area contributed by atoms with Gasteiger partial charge in [0.25, 0.3) is 0 Å². The summed E-state index contributed by atoms with van der Waals surface area (Å²) in [5.74, 6) is 3.25. The summed E-state index contributed by atoms with van der Waals surface area (Å²) >= 11 is 0. The van der Waals surface area contributed by atoms with Crippen molar-refractivity contribution in [1.82, 2.24) is 15.5 Å². The summed E-state index contributed by atoms with van der Waals surface area (Å²) < 4.78 is 5.56. The van der Waals surface area contributed by atoms with E-state index in [2.05, 4.69) is 17.4 Å². The van der Waals surface area contributed by atoms with E-state index in [4.69, 9.17) is 9.51 Å². The molecule has 1 aliphatic carbocycles. The molecule has 0 bridgehead atoms. The predicted molar refractivity (Wildman–Crippen MR) is 83.1 cm³/mol. The Hall–Kier alpha value is -0.900. The summed E-state index contributed by atoms with van der Waals surface area (Å²) in [6.07, 6.45) is 12.8. The third-order valence-corrected chi connectivity index (χ3v) is 5.22. The Bertz CT molecular complexity index is 415. The van der Waals surface area contributed by atoms with Crippen LogP contribution in [-0.4, -0.2) is 16.7 Å². The highest BCUT2D eigenvalue weighted by molar-refractivity contribution is 5.00. The van der Waals surface area contributed by atoms with E-state index < -0.39 is 0 Å². The second kappa shape index (κ2) is 7.39. The number of hydrogen-bond donors (Lipinski definition) is 1. The smallest absolute Gasteiger partial charge is 0.243 e. The summed E-state index contributed by atoms with van der Waals surface area (Å²) in [5, 5.41) is 7.83. The SMILES string of the molecule is CCCC1CCC(c2noc(C3CCCCCN3)n2)CC1. The standard InChI is InChI=1S/C17H29N3O/c1-2-6-13-8-10-14(11-9-13)16-19-17(21-20-16)15-7-4-3-5-12-18-15/h13-15,18H,2-12H2,1H3. The van der Waals surface area contributed by atoms with Crippen LogP contribution >= 0.6 is 0 Å². The number of nitrogens with zero attached hydrogens (tertiary/aromatic N) is 2. The van der Waals surface area contributed by atoms with Crippen LogP contribution in [0.1, 0.15) is 94.8 Å². The van der Waals surface area contributed by atoms with Crippen molar-refractivity contribution in [2.24, 2.45) is 5.92 Å². The summed E-state index contributed by atoms with van der Waals surface area (Å²) in [4.78, 5) is 4.73. The first kappa shape index (κ1) is 15.0. The van der Waals surface area contributed by atoms with Gasteiger partial charge in [0.1, 0.15) is 0 Å². The molecule has 1 saturated carbocycles. The van der Waals surface area contributed by atoms with Crippen LogP contribution in [0.25, 0.3) is 0 Å². The number of aromatic nitrogens is 2. The number of rotatable bonds is 4. The van der Waals surface area contributed by atoms with E-state index in [-0.39, 0.29) is 6.04 Å². The zero-order chi connectivity index (χ0) is 14.5. The maximum Gasteiger partial charge on any atom is 0.243 e. The molecule has 4 nitrogen and oxygen atoms in total. The van der Waals surface area contributed by atoms with Crippen molar-refractivity contribution in [2.75, 3.05) is 6.54 Å². The van der Waals surface area contributed by atoms with Crippen LogP contribution in [0.3, 0.4) is 0 Å². The maximum atomic E-state index is 5.56. The Balaban J connectivity index is 1.57. The van der Waals surface area contributed by atoms with Gasteiger partial charge in [-0.05, 0) is 51.0 Å². The highest BCUT2D eigenvalue weighted by Gasteiger charge is 2.27. The molecular formula is C17H29N3O. The largest absolute Gasteiger partial charge is 0.338 e. The molecule has 0 spiro atoms. The molecule has 1 N–H and O–H groups in total. The van der Waals surface area contributed by atoms with E-state index >= 15 is 0 Å². The van der Waals surface area contributed by atoms with Gasteiger partial charge in [0.2, 0.25) is 5.89 Å². The van der Waals surface area contributed by atoms with Crippen LogP contribution in [0.15, 0.2) is 4.52 Å². The molecule has 21 heavy (non-hydrogen) atoms. The van der Waals surface area contributed by atoms with Crippen molar-refractivity contribution in [2.45, 2.75) is 83.1 Å². The average molecular weight is 291 g/mol. The van der Waals surface area contributed by atoms with Crippen molar-refractivity contribution in [3.05, 3.63) is 11.7 Å². The zero-order valence-electron chi connectivity index (χ0n) is 13.3. The Morgan fingerprint density at radius 1 is 1.10 bits per heavy atom. The molecule has 0 amide bonds. The lowest BCUT2D eigenvalue weighted by molar-refractivity contribution is 0.291. The molecular weight excluding hydrogens is 262 g/mol. The molecule has 1 aliphatic heterocycles. The van der Waals surface area contributed by atoms with Gasteiger partial charge in [-0.1, -0.05) is 37.8 Å². The van der Waals surface area contributed by atoms with Crippen molar-refractivity contribution >= 4 is 0 Å². The Kier molecular flexibility index (Phi) is 5.28. The quantitative estimate of drug-likeness (QED) is 0.896. The minimum atomic E-state index is 0.283. The van der Waals surface area contributed by atoms with E-state index in [9.17, 15) is 0 Å². The number of hydrogen-bond acceptors (Lipinski definition) is 4. The topological polar surface area (TPSA) is 51.0 Å². The van der Waals surface area contributed by atoms with Crippen molar-refractivity contribution < 1.29 is 4.52 Å². The minimum Gasteiger partial charge on any atom is -0.338 e. The third kappa shape index (κ3) is 3.85. The van der Waals surface area contributed by atoms with Gasteiger partial charge >= 0.3 is 0 Å². The molecule has 1 aromatic rings. The molecule has 118 valence electrons. The maximum absolute atomic E-state index is 5.56. The Morgan fingerprint density at radius 2 is 1.95 bits per heavy atom. The average Bonchev–Trinajstić information content (AvgIpc) is 2.84. The van der Waals surface area contributed by atoms with E-state index in [1.165, 1.54) is 57.8 Å². The molecule has 0 aromatic carbocycles. The molecule has 1 aromatic heterocycles. The third-order valence-electron chi connectivity index (χ3n) is 5.22. The molecule has 2 heterocycles. The second-order valence-electron chi connectivity index (χ2n) is 6.85. The fourth-order valence-corrected chi connectivity index (χ4v) is 3.91. The van der Waals surface area contributed by atoms with Gasteiger partial charge in [-0.15, -0.1) is 0 Å². The van der Waals surface area contributed by atoms with E-state index in [1.807, 2.05) is 0 Å². The van der Waals surface area contributed by atoms with Gasteiger partial charge in [-0.25, -0.2) is 0 Å². The first-order chi connectivity index (χ1) is 10.4. The predicted octanol–water partition coefficient (Wildman–Crippen LogP) is 4.35. The minimum absolute atomic E-state index is 0.283. The van der Waals surface area contributed by atoms with Crippen LogP contribution in [-0.2, 0) is 0 Å². The Labute approximate surface area is 128 Å². The molecule has 4 heteroatoms. The van der Waals surface area contributed by atoms with E-state index in [0.717, 1.165) is 30.6 Å². The summed E-state index contributed by atoms with van der Waals surface area (Å²) in [6, 6.07) is 0.283. The van der Waals surface area contributed by atoms with E-state index in [1.54, 1.807) is 0 Å². The van der Waals surface area contributed by atoms with Crippen LogP contribution in [0.2, 0.25) is 0 Å². The fourth-order valence-electron chi connectivity index (χ4n) is 3.91. The van der Waals surface area contributed by atoms with Gasteiger partial charge in [-0.2, -0.15) is 4.98 Å². The van der Waals surface area contributed by atoms with Crippen LogP contribution < -0.4 is 5.32 Å². The summed E-state index contributed by atoms with van der Waals surface area (Å²) in [6.45, 7) is 3.36. The fraction of sp³-hybridized carbons (Fsp3) is 0.882. The molecule has 0 radical (unpaired) electrons. The molecule has 1 saturated heterocycles. The lowest BCUT2D eigenvalue weighted by Crippen LogP contribution is -2.20. The zero-order valence-corrected chi connectivity index (χ0v) is 13.3. The molecule has 2 aliphatic rings. The lowest BCUT2D eigenvalue weighted by Gasteiger charge is -2.26. The summed E-state index contributed by atoms with van der Waals surface area (Å²) in [5.41, 5.74) is 0. The highest BCUT2D eigenvalue weighted by Crippen LogP contribution is 2.36. The monoisotopic (exact) mass is 291 g/mol. The Morgan fingerprint density at radius 3 is 2.76 bits per heavy atom. The second-order valence-corrected chi connectivity index (χ2v) is 6.85. The summed E-state index contributed by atoms with van der Waals surface area (Å²) in [7, 11) is 0. The van der Waals surface area contributed by atoms with Gasteiger partial charge < -0.3 is 9.84 Å². The molecule has 3 rings (SSSR count). The lowest BCUT2D eigenvalue weighted by atomic mass is 9.80. The van der Waals surface area contributed by atoms with Gasteiger partial charge in [-0.3, -0.25) is 0 Å². The molecule has 1 unspecified atom stereocenters. The van der Waals surface area contributed by atoms with Crippen LogP contribution in [0, 0.1) is 5.92 Å². The van der Waals surface area contributed by atoms with E-state index in [0.29, 0.717) is 5.92 Å². The van der Waals surface area contributed by atoms with Crippen LogP contribution in [0.4, 0.5) is 0 Å². The first-order valence-corrected chi connectivity index (χ1v) is 8.93.